The van der Waals surface area contributed by atoms with Gasteiger partial charge in [-0.3, -0.25) is 4.79 Å². The van der Waals surface area contributed by atoms with Gasteiger partial charge in [-0.2, -0.15) is 0 Å². The Labute approximate surface area is 331 Å². The average Bonchev–Trinajstić information content (AvgIpc) is 3.40. The number of carbonyl (C=O) groups is 1. The van der Waals surface area contributed by atoms with Crippen molar-refractivity contribution in [2.75, 3.05) is 13.2 Å². The molecule has 4 aliphatic carbocycles. The summed E-state index contributed by atoms with van der Waals surface area (Å²) in [4.78, 5) is 14.8. The summed E-state index contributed by atoms with van der Waals surface area (Å²) >= 11 is 0. The molecule has 9 N–H and O–H groups in total. The number of aliphatic hydroxyl groups is 9. The minimum Gasteiger partial charge on any atom is -0.394 e. The molecule has 19 atom stereocenters. The second-order valence-corrected chi connectivity index (χ2v) is 20.1. The van der Waals surface area contributed by atoms with Gasteiger partial charge in [-0.05, 0) is 93.3 Å². The average molecular weight is 799 g/mol. The molecule has 2 aliphatic heterocycles. The molecule has 0 aromatic carbocycles. The van der Waals surface area contributed by atoms with Crippen molar-refractivity contribution in [1.29, 1.82) is 0 Å². The molecule has 2 saturated heterocycles. The summed E-state index contributed by atoms with van der Waals surface area (Å²) in [6.45, 7) is 15.5. The third-order valence-corrected chi connectivity index (χ3v) is 16.3. The molecule has 0 aromatic rings. The maximum atomic E-state index is 14.8. The van der Waals surface area contributed by atoms with Gasteiger partial charge in [0, 0.05) is 17.3 Å². The summed E-state index contributed by atoms with van der Waals surface area (Å²) in [5, 5.41) is 93.8. The van der Waals surface area contributed by atoms with Crippen molar-refractivity contribution in [3.63, 3.8) is 0 Å². The first-order chi connectivity index (χ1) is 25.9. The zero-order valence-electron chi connectivity index (χ0n) is 34.5. The van der Waals surface area contributed by atoms with Gasteiger partial charge >= 0.3 is 0 Å². The van der Waals surface area contributed by atoms with E-state index in [0.29, 0.717) is 37.4 Å². The predicted molar refractivity (Wildman–Crippen MR) is 201 cm³/mol. The van der Waals surface area contributed by atoms with Crippen LogP contribution in [-0.2, 0) is 23.7 Å². The molecule has 3 saturated carbocycles. The third kappa shape index (κ3) is 7.17. The number of hydrogen-bond donors (Lipinski definition) is 9. The quantitative estimate of drug-likeness (QED) is 0.134. The van der Waals surface area contributed by atoms with Crippen LogP contribution in [0.2, 0.25) is 0 Å². The number of rotatable bonds is 11. The third-order valence-electron chi connectivity index (χ3n) is 16.3. The van der Waals surface area contributed by atoms with Gasteiger partial charge in [0.2, 0.25) is 0 Å². The summed E-state index contributed by atoms with van der Waals surface area (Å²) in [5.74, 6) is 1.05. The van der Waals surface area contributed by atoms with Crippen LogP contribution in [0.25, 0.3) is 0 Å². The van der Waals surface area contributed by atoms with Crippen molar-refractivity contribution in [3.8, 4) is 0 Å². The fourth-order valence-corrected chi connectivity index (χ4v) is 12.3. The van der Waals surface area contributed by atoms with Gasteiger partial charge in [0.1, 0.15) is 54.6 Å². The van der Waals surface area contributed by atoms with Gasteiger partial charge in [-0.25, -0.2) is 0 Å². The summed E-state index contributed by atoms with van der Waals surface area (Å²) in [6, 6.07) is 0. The molecule has 2 heterocycles. The van der Waals surface area contributed by atoms with Gasteiger partial charge < -0.3 is 64.9 Å². The van der Waals surface area contributed by atoms with E-state index in [1.165, 1.54) is 0 Å². The summed E-state index contributed by atoms with van der Waals surface area (Å²) < 4.78 is 23.5. The molecule has 0 amide bonds. The first kappa shape index (κ1) is 44.4. The summed E-state index contributed by atoms with van der Waals surface area (Å²) in [6.07, 6.45) is -8.20. The minimum atomic E-state index is -1.67. The van der Waals surface area contributed by atoms with Crippen molar-refractivity contribution < 1.29 is 69.7 Å². The molecular weight excluding hydrogens is 728 g/mol. The van der Waals surface area contributed by atoms with E-state index < -0.39 is 103 Å². The normalized spacial score (nSPS) is 49.0. The predicted octanol–water partition coefficient (Wildman–Crippen LogP) is 1.33. The monoisotopic (exact) mass is 798 g/mol. The van der Waals surface area contributed by atoms with E-state index >= 15 is 0 Å². The van der Waals surface area contributed by atoms with Gasteiger partial charge in [0.25, 0.3) is 0 Å². The Morgan fingerprint density at radius 3 is 2.07 bits per heavy atom. The van der Waals surface area contributed by atoms with Gasteiger partial charge in [-0.1, -0.05) is 53.2 Å². The number of ketones is 1. The van der Waals surface area contributed by atoms with Crippen molar-refractivity contribution in [1.82, 2.24) is 0 Å². The van der Waals surface area contributed by atoms with E-state index in [-0.39, 0.29) is 28.6 Å². The largest absolute Gasteiger partial charge is 0.394 e. The SMILES string of the molecule is C[C@@H](CC[C@@H](O)C(C)(C)O)C1CC[C@]2(C)[C@@H]3CC=C4[C@H](CC[C@@H](O[C@@H]5O[C@H](CO[C@@H]6O[C@H](CO)[C@@H](O)[C@H](O)[C@H]6O)[C@@H](O)[C@H](O)[C@H]5O)C4(C)C)[C@@]3(C)C(=O)C[C@@]12C. The number of aliphatic hydroxyl groups excluding tert-OH is 8. The van der Waals surface area contributed by atoms with E-state index in [4.69, 9.17) is 18.9 Å². The Kier molecular flexibility index (Phi) is 12.5. The van der Waals surface area contributed by atoms with Crippen LogP contribution < -0.4 is 0 Å². The molecular formula is C42H70O14. The molecule has 14 heteroatoms. The molecule has 56 heavy (non-hydrogen) atoms. The highest BCUT2D eigenvalue weighted by atomic mass is 16.7. The molecule has 0 bridgehead atoms. The zero-order valence-corrected chi connectivity index (χ0v) is 34.5. The van der Waals surface area contributed by atoms with Crippen LogP contribution in [0.4, 0.5) is 0 Å². The number of Topliss-reactive ketones (excluding diaryl/α,β-unsaturated/α-hetero) is 1. The maximum absolute atomic E-state index is 14.8. The number of allylic oxidation sites excluding steroid dienone is 1. The maximum Gasteiger partial charge on any atom is 0.187 e. The molecule has 5 fully saturated rings. The molecule has 14 nitrogen and oxygen atoms in total. The lowest BCUT2D eigenvalue weighted by Gasteiger charge is -2.65. The minimum absolute atomic E-state index is 0.00678. The molecule has 0 spiro atoms. The Morgan fingerprint density at radius 1 is 0.839 bits per heavy atom. The van der Waals surface area contributed by atoms with Crippen molar-refractivity contribution in [3.05, 3.63) is 11.6 Å². The zero-order chi connectivity index (χ0) is 41.5. The lowest BCUT2D eigenvalue weighted by molar-refractivity contribution is -0.340. The lowest BCUT2D eigenvalue weighted by atomic mass is 9.38. The number of hydrogen-bond acceptors (Lipinski definition) is 14. The van der Waals surface area contributed by atoms with Gasteiger partial charge in [0.15, 0.2) is 12.6 Å². The fraction of sp³-hybridized carbons (Fsp3) is 0.929. The Hall–Kier alpha value is -1.11. The number of fused-ring (bicyclic) bond motifs is 5. The van der Waals surface area contributed by atoms with E-state index in [1.807, 2.05) is 0 Å². The number of carbonyl (C=O) groups excluding carboxylic acids is 1. The van der Waals surface area contributed by atoms with Crippen molar-refractivity contribution in [2.45, 2.75) is 186 Å². The fourth-order valence-electron chi connectivity index (χ4n) is 12.3. The second-order valence-electron chi connectivity index (χ2n) is 20.1. The highest BCUT2D eigenvalue weighted by Crippen LogP contribution is 2.74. The highest BCUT2D eigenvalue weighted by Gasteiger charge is 2.70. The van der Waals surface area contributed by atoms with Crippen LogP contribution >= 0.6 is 0 Å². The Morgan fingerprint density at radius 2 is 1.45 bits per heavy atom. The molecule has 0 radical (unpaired) electrons. The number of ether oxygens (including phenoxy) is 4. The first-order valence-electron chi connectivity index (χ1n) is 20.9. The molecule has 6 rings (SSSR count). The van der Waals surface area contributed by atoms with Gasteiger partial charge in [-0.15, -0.1) is 0 Å². The standard InChI is InChI=1S/C42H70O14/c1-20(9-13-27(44)39(4,5)52)21-15-16-40(6)26-12-10-22-23(42(26,8)28(45)17-41(21,40)7)11-14-29(38(22,2)3)56-37-35(51)33(49)31(47)25(55-37)19-53-36-34(50)32(48)30(46)24(18-43)54-36/h10,20-21,23-27,29-37,43-44,46-52H,9,11-19H2,1-8H3/t20-,21?,23-,24+,25+,26-,27+,29+,30+,31+,32-,33-,34+,35+,36+,37-,40+,41-,42+/m0/s1. The van der Waals surface area contributed by atoms with Crippen LogP contribution in [0.3, 0.4) is 0 Å². The van der Waals surface area contributed by atoms with E-state index in [1.54, 1.807) is 13.8 Å². The first-order valence-corrected chi connectivity index (χ1v) is 20.9. The summed E-state index contributed by atoms with van der Waals surface area (Å²) in [5.41, 5.74) is -1.46. The molecule has 1 unspecified atom stereocenters. The van der Waals surface area contributed by atoms with Crippen LogP contribution in [0.5, 0.6) is 0 Å². The Bertz CT molecular complexity index is 1450. The van der Waals surface area contributed by atoms with Gasteiger partial charge in [0.05, 0.1) is 31.0 Å². The van der Waals surface area contributed by atoms with Crippen LogP contribution in [0.15, 0.2) is 11.6 Å². The summed E-state index contributed by atoms with van der Waals surface area (Å²) in [7, 11) is 0. The van der Waals surface area contributed by atoms with E-state index in [0.717, 1.165) is 31.3 Å². The van der Waals surface area contributed by atoms with Crippen molar-refractivity contribution in [2.24, 2.45) is 45.3 Å². The van der Waals surface area contributed by atoms with E-state index in [2.05, 4.69) is 47.6 Å². The second kappa shape index (κ2) is 15.7. The molecule has 0 aromatic heterocycles. The molecule has 6 aliphatic rings. The topological polar surface area (TPSA) is 236 Å². The molecule has 322 valence electrons. The smallest absolute Gasteiger partial charge is 0.187 e. The Balaban J connectivity index is 1.16. The van der Waals surface area contributed by atoms with E-state index in [9.17, 15) is 50.8 Å². The van der Waals surface area contributed by atoms with Crippen LogP contribution in [0.1, 0.15) is 107 Å². The highest BCUT2D eigenvalue weighted by molar-refractivity contribution is 5.88. The lowest BCUT2D eigenvalue weighted by Crippen LogP contribution is -2.64. The van der Waals surface area contributed by atoms with Crippen molar-refractivity contribution >= 4 is 5.78 Å². The van der Waals surface area contributed by atoms with Crippen LogP contribution in [0, 0.1) is 45.3 Å². The van der Waals surface area contributed by atoms with Crippen LogP contribution in [-0.4, -0.2) is 144 Å².